The summed E-state index contributed by atoms with van der Waals surface area (Å²) in [4.78, 5) is 19.4. The minimum atomic E-state index is -0.339. The van der Waals surface area contributed by atoms with Gasteiger partial charge in [0.2, 0.25) is 0 Å². The maximum atomic E-state index is 11.6. The van der Waals surface area contributed by atoms with Gasteiger partial charge in [-0.1, -0.05) is 0 Å². The predicted octanol–water partition coefficient (Wildman–Crippen LogP) is 0.461. The molecule has 0 aliphatic carbocycles. The number of hydrogen-bond donors (Lipinski definition) is 1. The van der Waals surface area contributed by atoms with E-state index in [2.05, 4.69) is 9.97 Å². The largest absolute Gasteiger partial charge is 0.394 e. The number of hydrogen-bond acceptors (Lipinski definition) is 5. The van der Waals surface area contributed by atoms with Crippen molar-refractivity contribution in [1.82, 2.24) is 17.3 Å². The summed E-state index contributed by atoms with van der Waals surface area (Å²) in [6, 6.07) is 0. The van der Waals surface area contributed by atoms with Crippen LogP contribution in [0.25, 0.3) is 11.2 Å². The summed E-state index contributed by atoms with van der Waals surface area (Å²) in [5.41, 5.74) is 0.676. The van der Waals surface area contributed by atoms with Crippen LogP contribution in [-0.4, -0.2) is 35.1 Å². The van der Waals surface area contributed by atoms with Gasteiger partial charge >= 0.3 is 5.56 Å². The van der Waals surface area contributed by atoms with E-state index in [1.165, 1.54) is 6.33 Å². The van der Waals surface area contributed by atoms with Gasteiger partial charge in [-0.25, -0.2) is 4.98 Å². The Kier molecular flexibility index (Phi) is 3.08. The summed E-state index contributed by atoms with van der Waals surface area (Å²) in [7, 11) is 0. The minimum absolute atomic E-state index is 0.0156. The zero-order valence-corrected chi connectivity index (χ0v) is 11.5. The molecule has 0 unspecified atom stereocenters. The molecule has 0 amide bonds. The van der Waals surface area contributed by atoms with Crippen LogP contribution in [-0.2, 0) is 4.74 Å². The monoisotopic (exact) mass is 362 g/mol. The van der Waals surface area contributed by atoms with E-state index in [-0.39, 0.29) is 24.5 Å². The van der Waals surface area contributed by atoms with E-state index in [1.807, 2.05) is 27.4 Å². The number of ether oxygens (including phenoxy) is 1. The van der Waals surface area contributed by atoms with Crippen molar-refractivity contribution in [1.29, 1.82) is 0 Å². The van der Waals surface area contributed by atoms with Gasteiger partial charge in [0.25, 0.3) is 0 Å². The van der Waals surface area contributed by atoms with E-state index >= 15 is 0 Å². The standard InChI is InChI=1S/C10H11IN4O3/c11-15-5-13-9(17)8-10(15)14(4-12-8)7-2-1-6(3-16)18-7/h4-7,16H,1-3H2/t6-,7+/m0/s1. The topological polar surface area (TPSA) is 82.2 Å². The Morgan fingerprint density at radius 2 is 2.28 bits per heavy atom. The van der Waals surface area contributed by atoms with Gasteiger partial charge in [0, 0.05) is 0 Å². The van der Waals surface area contributed by atoms with Gasteiger partial charge in [-0.05, 0) is 12.8 Å². The molecule has 1 N–H and O–H groups in total. The van der Waals surface area contributed by atoms with Gasteiger partial charge < -0.3 is 9.84 Å². The molecule has 2 aromatic heterocycles. The molecule has 2 atom stereocenters. The van der Waals surface area contributed by atoms with Gasteiger partial charge in [0.1, 0.15) is 12.6 Å². The minimum Gasteiger partial charge on any atom is -0.394 e. The fourth-order valence-electron chi connectivity index (χ4n) is 2.17. The summed E-state index contributed by atoms with van der Waals surface area (Å²) in [5, 5.41) is 9.08. The van der Waals surface area contributed by atoms with Crippen molar-refractivity contribution in [3.05, 3.63) is 23.0 Å². The normalized spacial score (nSPS) is 23.9. The third-order valence-electron chi connectivity index (χ3n) is 3.05. The molecular weight excluding hydrogens is 351 g/mol. The van der Waals surface area contributed by atoms with Crippen molar-refractivity contribution in [3.63, 3.8) is 0 Å². The lowest BCUT2D eigenvalue weighted by Crippen LogP contribution is -2.15. The zero-order valence-electron chi connectivity index (χ0n) is 9.36. The molecule has 1 fully saturated rings. The fourth-order valence-corrected chi connectivity index (χ4v) is 2.77. The lowest BCUT2D eigenvalue weighted by atomic mass is 10.2. The maximum absolute atomic E-state index is 11.6. The van der Waals surface area contributed by atoms with Crippen LogP contribution in [0, 0.1) is 0 Å². The van der Waals surface area contributed by atoms with Crippen LogP contribution in [0.15, 0.2) is 17.4 Å². The molecule has 0 saturated carbocycles. The highest BCUT2D eigenvalue weighted by Gasteiger charge is 2.28. The number of rotatable bonds is 2. The molecule has 0 spiro atoms. The van der Waals surface area contributed by atoms with E-state index in [1.54, 1.807) is 9.11 Å². The molecule has 8 heteroatoms. The number of aliphatic hydroxyl groups excluding tert-OH is 1. The highest BCUT2D eigenvalue weighted by molar-refractivity contribution is 14.1. The van der Waals surface area contributed by atoms with E-state index in [0.717, 1.165) is 12.8 Å². The van der Waals surface area contributed by atoms with Gasteiger partial charge in [0.15, 0.2) is 11.2 Å². The summed E-state index contributed by atoms with van der Waals surface area (Å²) in [5.74, 6) is 0. The van der Waals surface area contributed by atoms with Crippen LogP contribution in [0.1, 0.15) is 19.1 Å². The molecule has 7 nitrogen and oxygen atoms in total. The summed E-state index contributed by atoms with van der Waals surface area (Å²) < 4.78 is 9.23. The number of fused-ring (bicyclic) bond motifs is 1. The first-order valence-electron chi connectivity index (χ1n) is 5.57. The number of aromatic nitrogens is 4. The Hall–Kier alpha value is -1.00. The molecule has 18 heavy (non-hydrogen) atoms. The number of halogens is 1. The average molecular weight is 362 g/mol. The molecule has 0 bridgehead atoms. The Balaban J connectivity index is 2.08. The van der Waals surface area contributed by atoms with Crippen LogP contribution in [0.5, 0.6) is 0 Å². The number of imidazole rings is 1. The molecule has 1 aliphatic rings. The highest BCUT2D eigenvalue weighted by atomic mass is 127. The lowest BCUT2D eigenvalue weighted by molar-refractivity contribution is -0.0207. The van der Waals surface area contributed by atoms with Crippen molar-refractivity contribution in [2.45, 2.75) is 25.2 Å². The van der Waals surface area contributed by atoms with Crippen molar-refractivity contribution in [3.8, 4) is 0 Å². The van der Waals surface area contributed by atoms with Gasteiger partial charge in [0.05, 0.1) is 41.9 Å². The first kappa shape index (κ1) is 12.1. The first-order valence-corrected chi connectivity index (χ1v) is 6.54. The zero-order chi connectivity index (χ0) is 12.7. The van der Waals surface area contributed by atoms with E-state index in [0.29, 0.717) is 11.2 Å². The molecule has 0 radical (unpaired) electrons. The average Bonchev–Trinajstić information content (AvgIpc) is 2.99. The van der Waals surface area contributed by atoms with Gasteiger partial charge in [-0.15, -0.1) is 0 Å². The Labute approximate surface area is 116 Å². The quantitative estimate of drug-likeness (QED) is 0.786. The Morgan fingerprint density at radius 1 is 1.44 bits per heavy atom. The third kappa shape index (κ3) is 1.84. The maximum Gasteiger partial charge on any atom is 0.300 e. The number of aliphatic hydroxyl groups is 1. The molecule has 96 valence electrons. The van der Waals surface area contributed by atoms with Crippen LogP contribution < -0.4 is 5.56 Å². The molecule has 0 aromatic carbocycles. The first-order chi connectivity index (χ1) is 8.70. The smallest absolute Gasteiger partial charge is 0.300 e. The Bertz CT molecular complexity index is 638. The van der Waals surface area contributed by atoms with Gasteiger partial charge in [-0.3, -0.25) is 12.1 Å². The van der Waals surface area contributed by atoms with E-state index in [9.17, 15) is 4.79 Å². The van der Waals surface area contributed by atoms with Crippen LogP contribution in [0.4, 0.5) is 0 Å². The second-order valence-corrected chi connectivity index (χ2v) is 5.20. The van der Waals surface area contributed by atoms with Crippen LogP contribution in [0.2, 0.25) is 0 Å². The predicted molar refractivity (Wildman–Crippen MR) is 71.4 cm³/mol. The summed E-state index contributed by atoms with van der Waals surface area (Å²) >= 11 is 2.05. The van der Waals surface area contributed by atoms with Crippen LogP contribution >= 0.6 is 22.9 Å². The second kappa shape index (κ2) is 4.59. The number of nitrogens with zero attached hydrogens (tertiary/aromatic N) is 4. The molecule has 3 rings (SSSR count). The molecule has 1 aliphatic heterocycles. The highest BCUT2D eigenvalue weighted by Crippen LogP contribution is 2.30. The Morgan fingerprint density at radius 3 is 3.00 bits per heavy atom. The molecule has 3 heterocycles. The SMILES string of the molecule is O=c1ncn(I)c2c1ncn2[C@H]1CC[C@@H](CO)O1. The fraction of sp³-hybridized carbons (Fsp3) is 0.500. The summed E-state index contributed by atoms with van der Waals surface area (Å²) in [6.45, 7) is 0.0156. The molecular formula is C10H11IN4O3. The second-order valence-electron chi connectivity index (χ2n) is 4.16. The molecule has 2 aromatic rings. The van der Waals surface area contributed by atoms with Gasteiger partial charge in [-0.2, -0.15) is 4.98 Å². The lowest BCUT2D eigenvalue weighted by Gasteiger charge is -2.14. The van der Waals surface area contributed by atoms with E-state index < -0.39 is 0 Å². The van der Waals surface area contributed by atoms with E-state index in [4.69, 9.17) is 9.84 Å². The van der Waals surface area contributed by atoms with Crippen molar-refractivity contribution in [2.75, 3.05) is 6.61 Å². The molecule has 1 saturated heterocycles. The third-order valence-corrected chi connectivity index (χ3v) is 3.75. The van der Waals surface area contributed by atoms with Crippen LogP contribution in [0.3, 0.4) is 0 Å². The van der Waals surface area contributed by atoms with Crippen molar-refractivity contribution in [2.24, 2.45) is 0 Å². The van der Waals surface area contributed by atoms with Crippen molar-refractivity contribution < 1.29 is 9.84 Å². The van der Waals surface area contributed by atoms with Crippen molar-refractivity contribution >= 4 is 34.0 Å². The summed E-state index contributed by atoms with van der Waals surface area (Å²) in [6.07, 6.45) is 4.33.